The molecular weight excluding hydrogens is 406 g/mol. The van der Waals surface area contributed by atoms with Gasteiger partial charge in [0.1, 0.15) is 5.75 Å². The Balaban J connectivity index is 1.70. The standard InChI is InChI=1S/C21H22BrN3O2/c1-14-9-15(2)25(24-14)13-16-5-4-6-17(10-16)21(26)23-12-18-11-19(22)7-8-20(18)27-3/h4-11H,12-13H2,1-3H3,(H,23,26). The Labute approximate surface area is 167 Å². The number of rotatable bonds is 6. The number of methoxy groups -OCH3 is 1. The maximum Gasteiger partial charge on any atom is 0.251 e. The summed E-state index contributed by atoms with van der Waals surface area (Å²) < 4.78 is 8.24. The van der Waals surface area contributed by atoms with Gasteiger partial charge in [-0.3, -0.25) is 9.48 Å². The minimum Gasteiger partial charge on any atom is -0.496 e. The Kier molecular flexibility index (Phi) is 5.96. The van der Waals surface area contributed by atoms with Crippen LogP contribution in [0, 0.1) is 13.8 Å². The highest BCUT2D eigenvalue weighted by molar-refractivity contribution is 9.10. The summed E-state index contributed by atoms with van der Waals surface area (Å²) in [6.45, 7) is 5.04. The molecule has 5 nitrogen and oxygen atoms in total. The van der Waals surface area contributed by atoms with Crippen LogP contribution >= 0.6 is 15.9 Å². The van der Waals surface area contributed by atoms with Crippen LogP contribution in [0.3, 0.4) is 0 Å². The second-order valence-electron chi connectivity index (χ2n) is 6.42. The van der Waals surface area contributed by atoms with Crippen molar-refractivity contribution in [2.45, 2.75) is 26.9 Å². The van der Waals surface area contributed by atoms with Gasteiger partial charge >= 0.3 is 0 Å². The number of amides is 1. The van der Waals surface area contributed by atoms with Crippen LogP contribution in [0.5, 0.6) is 5.75 Å². The molecule has 0 aliphatic rings. The second-order valence-corrected chi connectivity index (χ2v) is 7.34. The third-order valence-electron chi connectivity index (χ3n) is 4.31. The Morgan fingerprint density at radius 2 is 2.00 bits per heavy atom. The van der Waals surface area contributed by atoms with Gasteiger partial charge < -0.3 is 10.1 Å². The number of nitrogens with zero attached hydrogens (tertiary/aromatic N) is 2. The van der Waals surface area contributed by atoms with E-state index in [9.17, 15) is 4.79 Å². The van der Waals surface area contributed by atoms with E-state index in [1.165, 1.54) is 0 Å². The van der Waals surface area contributed by atoms with Crippen molar-refractivity contribution in [3.63, 3.8) is 0 Å². The molecule has 1 aromatic heterocycles. The molecule has 0 saturated carbocycles. The first-order valence-electron chi connectivity index (χ1n) is 8.67. The number of nitrogens with one attached hydrogen (secondary N) is 1. The average molecular weight is 428 g/mol. The van der Waals surface area contributed by atoms with Crippen LogP contribution in [0.15, 0.2) is 53.0 Å². The predicted octanol–water partition coefficient (Wildman–Crippen LogP) is 4.25. The molecule has 0 atom stereocenters. The third kappa shape index (κ3) is 4.77. The molecule has 0 bridgehead atoms. The molecule has 2 aromatic carbocycles. The summed E-state index contributed by atoms with van der Waals surface area (Å²) in [7, 11) is 1.62. The number of hydrogen-bond acceptors (Lipinski definition) is 3. The molecule has 1 N–H and O–H groups in total. The molecule has 0 radical (unpaired) electrons. The van der Waals surface area contributed by atoms with Gasteiger partial charge in [0.05, 0.1) is 19.3 Å². The predicted molar refractivity (Wildman–Crippen MR) is 109 cm³/mol. The molecule has 0 unspecified atom stereocenters. The average Bonchev–Trinajstić information content (AvgIpc) is 2.97. The summed E-state index contributed by atoms with van der Waals surface area (Å²) in [5.74, 6) is 0.629. The highest BCUT2D eigenvalue weighted by atomic mass is 79.9. The number of ether oxygens (including phenoxy) is 1. The lowest BCUT2D eigenvalue weighted by Gasteiger charge is -2.11. The van der Waals surface area contributed by atoms with E-state index in [0.717, 1.165) is 32.7 Å². The van der Waals surface area contributed by atoms with E-state index in [1.54, 1.807) is 7.11 Å². The highest BCUT2D eigenvalue weighted by Gasteiger charge is 2.10. The first kappa shape index (κ1) is 19.2. The zero-order chi connectivity index (χ0) is 19.4. The van der Waals surface area contributed by atoms with Gasteiger partial charge in [0.2, 0.25) is 0 Å². The summed E-state index contributed by atoms with van der Waals surface area (Å²) in [5, 5.41) is 7.44. The molecule has 0 fully saturated rings. The molecule has 0 spiro atoms. The molecule has 1 heterocycles. The first-order chi connectivity index (χ1) is 13.0. The van der Waals surface area contributed by atoms with Crippen molar-refractivity contribution in [3.8, 4) is 5.75 Å². The summed E-state index contributed by atoms with van der Waals surface area (Å²) in [6, 6.07) is 15.4. The Morgan fingerprint density at radius 1 is 1.19 bits per heavy atom. The molecule has 3 rings (SSSR count). The van der Waals surface area contributed by atoms with Crippen molar-refractivity contribution in [2.75, 3.05) is 7.11 Å². The number of aryl methyl sites for hydroxylation is 2. The topological polar surface area (TPSA) is 56.1 Å². The van der Waals surface area contributed by atoms with E-state index in [2.05, 4.69) is 26.3 Å². The highest BCUT2D eigenvalue weighted by Crippen LogP contribution is 2.22. The van der Waals surface area contributed by atoms with Crippen LogP contribution in [0.2, 0.25) is 0 Å². The summed E-state index contributed by atoms with van der Waals surface area (Å²) in [5.41, 5.74) is 4.67. The van der Waals surface area contributed by atoms with Crippen molar-refractivity contribution < 1.29 is 9.53 Å². The van der Waals surface area contributed by atoms with Crippen molar-refractivity contribution >= 4 is 21.8 Å². The van der Waals surface area contributed by atoms with Gasteiger partial charge in [-0.2, -0.15) is 5.10 Å². The van der Waals surface area contributed by atoms with Gasteiger partial charge in [-0.15, -0.1) is 0 Å². The molecule has 0 saturated heterocycles. The van der Waals surface area contributed by atoms with Crippen molar-refractivity contribution in [3.05, 3.63) is 81.1 Å². The van der Waals surface area contributed by atoms with Gasteiger partial charge in [0.25, 0.3) is 5.91 Å². The molecular formula is C21H22BrN3O2. The lowest BCUT2D eigenvalue weighted by atomic mass is 10.1. The van der Waals surface area contributed by atoms with E-state index >= 15 is 0 Å². The lowest BCUT2D eigenvalue weighted by Crippen LogP contribution is -2.23. The van der Waals surface area contributed by atoms with Crippen molar-refractivity contribution in [2.24, 2.45) is 0 Å². The number of hydrogen-bond donors (Lipinski definition) is 1. The number of carbonyl (C=O) groups is 1. The van der Waals surface area contributed by atoms with E-state index in [-0.39, 0.29) is 5.91 Å². The van der Waals surface area contributed by atoms with Gasteiger partial charge in [0, 0.05) is 27.8 Å². The van der Waals surface area contributed by atoms with Crippen LogP contribution < -0.4 is 10.1 Å². The smallest absolute Gasteiger partial charge is 0.251 e. The van der Waals surface area contributed by atoms with Crippen LogP contribution in [-0.2, 0) is 13.1 Å². The minimum absolute atomic E-state index is 0.118. The maximum absolute atomic E-state index is 12.6. The summed E-state index contributed by atoms with van der Waals surface area (Å²) in [4.78, 5) is 12.6. The molecule has 0 aliphatic carbocycles. The molecule has 3 aromatic rings. The molecule has 6 heteroatoms. The van der Waals surface area contributed by atoms with E-state index in [0.29, 0.717) is 18.7 Å². The van der Waals surface area contributed by atoms with E-state index in [1.807, 2.05) is 67.1 Å². The first-order valence-corrected chi connectivity index (χ1v) is 9.46. The SMILES string of the molecule is COc1ccc(Br)cc1CNC(=O)c1cccc(Cn2nc(C)cc2C)c1. The van der Waals surface area contributed by atoms with Crippen molar-refractivity contribution in [1.82, 2.24) is 15.1 Å². The fourth-order valence-corrected chi connectivity index (χ4v) is 3.39. The number of aromatic nitrogens is 2. The second kappa shape index (κ2) is 8.39. The molecule has 1 amide bonds. The largest absolute Gasteiger partial charge is 0.496 e. The van der Waals surface area contributed by atoms with E-state index < -0.39 is 0 Å². The zero-order valence-corrected chi connectivity index (χ0v) is 17.2. The van der Waals surface area contributed by atoms with E-state index in [4.69, 9.17) is 4.74 Å². The Hall–Kier alpha value is -2.60. The fourth-order valence-electron chi connectivity index (χ4n) is 2.98. The molecule has 27 heavy (non-hydrogen) atoms. The van der Waals surface area contributed by atoms with Gasteiger partial charge in [-0.25, -0.2) is 0 Å². The Bertz CT molecular complexity index is 966. The number of benzene rings is 2. The van der Waals surface area contributed by atoms with Gasteiger partial charge in [-0.05, 0) is 55.8 Å². The number of halogens is 1. The van der Waals surface area contributed by atoms with Gasteiger partial charge in [-0.1, -0.05) is 28.1 Å². The van der Waals surface area contributed by atoms with Crippen LogP contribution in [-0.4, -0.2) is 22.8 Å². The fraction of sp³-hybridized carbons (Fsp3) is 0.238. The summed E-state index contributed by atoms with van der Waals surface area (Å²) in [6.07, 6.45) is 0. The van der Waals surface area contributed by atoms with Gasteiger partial charge in [0.15, 0.2) is 0 Å². The monoisotopic (exact) mass is 427 g/mol. The molecule has 0 aliphatic heterocycles. The van der Waals surface area contributed by atoms with Crippen molar-refractivity contribution in [1.29, 1.82) is 0 Å². The normalized spacial score (nSPS) is 10.7. The molecule has 140 valence electrons. The third-order valence-corrected chi connectivity index (χ3v) is 4.80. The van der Waals surface area contributed by atoms with Crippen LogP contribution in [0.25, 0.3) is 0 Å². The zero-order valence-electron chi connectivity index (χ0n) is 15.6. The minimum atomic E-state index is -0.118. The van der Waals surface area contributed by atoms with Crippen LogP contribution in [0.4, 0.5) is 0 Å². The lowest BCUT2D eigenvalue weighted by molar-refractivity contribution is 0.0950. The Morgan fingerprint density at radius 3 is 2.70 bits per heavy atom. The summed E-state index contributed by atoms with van der Waals surface area (Å²) >= 11 is 3.45. The quantitative estimate of drug-likeness (QED) is 0.639. The number of carbonyl (C=O) groups excluding carboxylic acids is 1. The van der Waals surface area contributed by atoms with Crippen LogP contribution in [0.1, 0.15) is 32.9 Å². The maximum atomic E-state index is 12.6.